The second-order valence-electron chi connectivity index (χ2n) is 3.73. The Hall–Kier alpha value is -0.570. The zero-order chi connectivity index (χ0) is 8.55. The summed E-state index contributed by atoms with van der Waals surface area (Å²) in [5, 5.41) is 0. The molecule has 3 heteroatoms. The van der Waals surface area contributed by atoms with Gasteiger partial charge in [-0.1, -0.05) is 6.92 Å². The van der Waals surface area contributed by atoms with Crippen LogP contribution in [-0.2, 0) is 6.54 Å². The number of hydrogen-bond acceptors (Lipinski definition) is 1. The van der Waals surface area contributed by atoms with Crippen molar-refractivity contribution in [3.8, 4) is 0 Å². The highest BCUT2D eigenvalue weighted by molar-refractivity contribution is 7.71. The smallest absolute Gasteiger partial charge is 0.177 e. The monoisotopic (exact) mass is 182 g/mol. The number of nitrogens with one attached hydrogen (secondary N) is 1. The van der Waals surface area contributed by atoms with E-state index < -0.39 is 0 Å². The number of H-pyrrole nitrogens is 1. The molecule has 0 saturated heterocycles. The molecule has 0 spiro atoms. The summed E-state index contributed by atoms with van der Waals surface area (Å²) in [7, 11) is 0. The molecule has 1 fully saturated rings. The van der Waals surface area contributed by atoms with Gasteiger partial charge in [0.05, 0.1) is 0 Å². The summed E-state index contributed by atoms with van der Waals surface area (Å²) >= 11 is 5.12. The van der Waals surface area contributed by atoms with Crippen molar-refractivity contribution in [2.75, 3.05) is 0 Å². The fraction of sp³-hybridized carbons (Fsp3) is 0.667. The number of nitrogens with zero attached hydrogens (tertiary/aromatic N) is 1. The lowest BCUT2D eigenvalue weighted by Crippen LogP contribution is -2.08. The molecule has 2 nitrogen and oxygen atoms in total. The van der Waals surface area contributed by atoms with Crippen LogP contribution in [0.25, 0.3) is 0 Å². The first-order valence-corrected chi connectivity index (χ1v) is 4.92. The van der Waals surface area contributed by atoms with Crippen molar-refractivity contribution in [2.45, 2.75) is 26.3 Å². The molecule has 1 unspecified atom stereocenters. The molecular weight excluding hydrogens is 168 g/mol. The van der Waals surface area contributed by atoms with E-state index >= 15 is 0 Å². The Kier molecular flexibility index (Phi) is 2.05. The second-order valence-corrected chi connectivity index (χ2v) is 4.12. The number of aromatic amines is 1. The molecule has 1 heterocycles. The van der Waals surface area contributed by atoms with Crippen molar-refractivity contribution in [3.05, 3.63) is 17.2 Å². The van der Waals surface area contributed by atoms with Crippen LogP contribution in [0.4, 0.5) is 0 Å². The molecule has 1 N–H and O–H groups in total. The maximum Gasteiger partial charge on any atom is 0.177 e. The minimum Gasteiger partial charge on any atom is -0.337 e. The van der Waals surface area contributed by atoms with Crippen LogP contribution in [0.15, 0.2) is 12.4 Å². The van der Waals surface area contributed by atoms with Gasteiger partial charge in [-0.05, 0) is 36.9 Å². The zero-order valence-electron chi connectivity index (χ0n) is 7.29. The lowest BCUT2D eigenvalue weighted by molar-refractivity contribution is 0.427. The van der Waals surface area contributed by atoms with E-state index in [1.165, 1.54) is 12.8 Å². The fourth-order valence-corrected chi connectivity index (χ4v) is 1.82. The minimum atomic E-state index is 0.785. The average molecular weight is 182 g/mol. The van der Waals surface area contributed by atoms with E-state index in [1.807, 2.05) is 12.4 Å². The number of hydrogen-bond donors (Lipinski definition) is 1. The van der Waals surface area contributed by atoms with Gasteiger partial charge in [-0.3, -0.25) is 0 Å². The van der Waals surface area contributed by atoms with Gasteiger partial charge >= 0.3 is 0 Å². The van der Waals surface area contributed by atoms with E-state index in [9.17, 15) is 0 Å². The molecule has 1 aromatic rings. The standard InChI is InChI=1S/C9H14N2S/c1-7(8-2-3-8)6-11-5-4-10-9(11)12/h4-5,7-8H,2-3,6H2,1H3,(H,10,12). The van der Waals surface area contributed by atoms with Gasteiger partial charge < -0.3 is 9.55 Å². The van der Waals surface area contributed by atoms with Gasteiger partial charge in [0.1, 0.15) is 0 Å². The summed E-state index contributed by atoms with van der Waals surface area (Å²) < 4.78 is 2.97. The highest BCUT2D eigenvalue weighted by Crippen LogP contribution is 2.37. The van der Waals surface area contributed by atoms with Crippen molar-refractivity contribution in [2.24, 2.45) is 11.8 Å². The van der Waals surface area contributed by atoms with E-state index in [0.717, 1.165) is 23.2 Å². The molecule has 1 aliphatic rings. The molecule has 0 aromatic carbocycles. The first-order valence-electron chi connectivity index (χ1n) is 4.51. The summed E-state index contributed by atoms with van der Waals surface area (Å²) in [4.78, 5) is 3.01. The minimum absolute atomic E-state index is 0.785. The SMILES string of the molecule is CC(Cn1cc[nH]c1=S)C1CC1. The van der Waals surface area contributed by atoms with Crippen LogP contribution in [0.3, 0.4) is 0 Å². The van der Waals surface area contributed by atoms with E-state index in [-0.39, 0.29) is 0 Å². The molecule has 66 valence electrons. The molecule has 1 aliphatic carbocycles. The third-order valence-electron chi connectivity index (χ3n) is 2.63. The Labute approximate surface area is 77.6 Å². The predicted molar refractivity (Wildman–Crippen MR) is 51.5 cm³/mol. The van der Waals surface area contributed by atoms with Gasteiger partial charge in [0.2, 0.25) is 0 Å². The van der Waals surface area contributed by atoms with Gasteiger partial charge in [0, 0.05) is 18.9 Å². The Morgan fingerprint density at radius 2 is 2.50 bits per heavy atom. The van der Waals surface area contributed by atoms with E-state index in [2.05, 4.69) is 16.5 Å². The van der Waals surface area contributed by atoms with Gasteiger partial charge in [0.25, 0.3) is 0 Å². The number of rotatable bonds is 3. The van der Waals surface area contributed by atoms with E-state index in [1.54, 1.807) is 0 Å². The molecule has 0 aliphatic heterocycles. The summed E-state index contributed by atoms with van der Waals surface area (Å²) in [5.41, 5.74) is 0. The lowest BCUT2D eigenvalue weighted by atomic mass is 10.1. The van der Waals surface area contributed by atoms with Crippen LogP contribution in [0.1, 0.15) is 19.8 Å². The average Bonchev–Trinajstić information content (AvgIpc) is 2.80. The number of imidazole rings is 1. The van der Waals surface area contributed by atoms with Gasteiger partial charge in [0.15, 0.2) is 4.77 Å². The largest absolute Gasteiger partial charge is 0.337 e. The molecule has 1 aromatic heterocycles. The van der Waals surface area contributed by atoms with Crippen LogP contribution in [-0.4, -0.2) is 9.55 Å². The summed E-state index contributed by atoms with van der Waals surface area (Å²) in [6.45, 7) is 3.39. The van der Waals surface area contributed by atoms with Crippen molar-refractivity contribution in [3.63, 3.8) is 0 Å². The van der Waals surface area contributed by atoms with Crippen molar-refractivity contribution >= 4 is 12.2 Å². The van der Waals surface area contributed by atoms with Crippen molar-refractivity contribution in [1.82, 2.24) is 9.55 Å². The molecule has 1 saturated carbocycles. The fourth-order valence-electron chi connectivity index (χ4n) is 1.62. The van der Waals surface area contributed by atoms with Crippen LogP contribution < -0.4 is 0 Å². The van der Waals surface area contributed by atoms with Crippen molar-refractivity contribution in [1.29, 1.82) is 0 Å². The first kappa shape index (κ1) is 8.05. The second kappa shape index (κ2) is 3.05. The Morgan fingerprint density at radius 3 is 3.00 bits per heavy atom. The molecule has 2 rings (SSSR count). The third-order valence-corrected chi connectivity index (χ3v) is 2.99. The Morgan fingerprint density at radius 1 is 1.75 bits per heavy atom. The normalized spacial score (nSPS) is 19.4. The number of aromatic nitrogens is 2. The van der Waals surface area contributed by atoms with Gasteiger partial charge in [-0.15, -0.1) is 0 Å². The topological polar surface area (TPSA) is 20.7 Å². The van der Waals surface area contributed by atoms with E-state index in [4.69, 9.17) is 12.2 Å². The molecule has 1 atom stereocenters. The Bertz CT molecular complexity index is 308. The highest BCUT2D eigenvalue weighted by Gasteiger charge is 2.27. The maximum atomic E-state index is 5.12. The van der Waals surface area contributed by atoms with Crippen LogP contribution >= 0.6 is 12.2 Å². The van der Waals surface area contributed by atoms with Gasteiger partial charge in [-0.25, -0.2) is 0 Å². The summed E-state index contributed by atoms with van der Waals surface area (Å²) in [6, 6.07) is 0. The van der Waals surface area contributed by atoms with Crippen LogP contribution in [0, 0.1) is 16.6 Å². The highest BCUT2D eigenvalue weighted by atomic mass is 32.1. The molecular formula is C9H14N2S. The van der Waals surface area contributed by atoms with Gasteiger partial charge in [-0.2, -0.15) is 0 Å². The Balaban J connectivity index is 2.02. The quantitative estimate of drug-likeness (QED) is 0.713. The lowest BCUT2D eigenvalue weighted by Gasteiger charge is -2.09. The maximum absolute atomic E-state index is 5.12. The van der Waals surface area contributed by atoms with Crippen molar-refractivity contribution < 1.29 is 0 Å². The zero-order valence-corrected chi connectivity index (χ0v) is 8.10. The molecule has 0 amide bonds. The van der Waals surface area contributed by atoms with Crippen LogP contribution in [0.2, 0.25) is 0 Å². The third kappa shape index (κ3) is 1.61. The van der Waals surface area contributed by atoms with Crippen LogP contribution in [0.5, 0.6) is 0 Å². The van der Waals surface area contributed by atoms with E-state index in [0.29, 0.717) is 0 Å². The first-order chi connectivity index (χ1) is 5.77. The molecule has 0 radical (unpaired) electrons. The summed E-state index contributed by atoms with van der Waals surface area (Å²) in [6.07, 6.45) is 6.76. The summed E-state index contributed by atoms with van der Waals surface area (Å²) in [5.74, 6) is 1.74. The molecule has 12 heavy (non-hydrogen) atoms. The molecule has 0 bridgehead atoms. The predicted octanol–water partition coefficient (Wildman–Crippen LogP) is 2.59.